The molecule has 2 nitrogen and oxygen atoms in total. The van der Waals surface area contributed by atoms with E-state index in [1.807, 2.05) is 6.92 Å². The van der Waals surface area contributed by atoms with Crippen molar-refractivity contribution in [3.05, 3.63) is 0 Å². The van der Waals surface area contributed by atoms with E-state index in [0.717, 1.165) is 12.8 Å². The van der Waals surface area contributed by atoms with E-state index in [1.54, 1.807) is 0 Å². The quantitative estimate of drug-likeness (QED) is 0.628. The van der Waals surface area contributed by atoms with Crippen molar-refractivity contribution in [2.75, 3.05) is 0 Å². The molecule has 0 heterocycles. The molecule has 0 aliphatic heterocycles. The first-order valence-corrected chi connectivity index (χ1v) is 4.90. The summed E-state index contributed by atoms with van der Waals surface area (Å²) >= 11 is 0. The van der Waals surface area contributed by atoms with E-state index in [9.17, 15) is 10.2 Å². The highest BCUT2D eigenvalue weighted by molar-refractivity contribution is 4.86. The minimum absolute atomic E-state index is 0.259. The molecular weight excluding hydrogens is 152 g/mol. The van der Waals surface area contributed by atoms with Crippen molar-refractivity contribution in [2.45, 2.75) is 45.8 Å². The Hall–Kier alpha value is -0.0800. The molecule has 0 amide bonds. The van der Waals surface area contributed by atoms with Gasteiger partial charge >= 0.3 is 0 Å². The first kappa shape index (κ1) is 10.0. The van der Waals surface area contributed by atoms with Crippen LogP contribution in [0.25, 0.3) is 0 Å². The van der Waals surface area contributed by atoms with Gasteiger partial charge in [-0.25, -0.2) is 0 Å². The highest BCUT2D eigenvalue weighted by atomic mass is 16.3. The molecule has 1 fully saturated rings. The summed E-state index contributed by atoms with van der Waals surface area (Å²) in [7, 11) is 0. The van der Waals surface area contributed by atoms with Gasteiger partial charge in [0.2, 0.25) is 0 Å². The lowest BCUT2D eigenvalue weighted by Crippen LogP contribution is -2.44. The molecule has 0 bridgehead atoms. The maximum atomic E-state index is 9.73. The summed E-state index contributed by atoms with van der Waals surface area (Å²) in [4.78, 5) is 0. The van der Waals surface area contributed by atoms with Crippen LogP contribution in [0.4, 0.5) is 0 Å². The Labute approximate surface area is 74.6 Å². The van der Waals surface area contributed by atoms with E-state index in [2.05, 4.69) is 13.8 Å². The standard InChI is InChI=1S/C10H20O2/c1-6(2)8-5-4-7(3)9(11)10(8)12/h6-12H,4-5H2,1-3H3/t7?,8?,9-,10-/m1/s1. The second-order valence-corrected chi connectivity index (χ2v) is 4.44. The normalized spacial score (nSPS) is 43.5. The lowest BCUT2D eigenvalue weighted by molar-refractivity contribution is -0.0832. The fraction of sp³-hybridized carbons (Fsp3) is 1.00. The van der Waals surface area contributed by atoms with Gasteiger partial charge in [0.1, 0.15) is 0 Å². The fourth-order valence-electron chi connectivity index (χ4n) is 2.11. The minimum atomic E-state index is -0.508. The van der Waals surface area contributed by atoms with Crippen molar-refractivity contribution >= 4 is 0 Å². The van der Waals surface area contributed by atoms with Gasteiger partial charge in [0, 0.05) is 0 Å². The maximum Gasteiger partial charge on any atom is 0.0832 e. The van der Waals surface area contributed by atoms with Crippen molar-refractivity contribution in [3.8, 4) is 0 Å². The average Bonchev–Trinajstić information content (AvgIpc) is 2.00. The van der Waals surface area contributed by atoms with Gasteiger partial charge in [-0.05, 0) is 30.6 Å². The third kappa shape index (κ3) is 1.80. The van der Waals surface area contributed by atoms with Crippen molar-refractivity contribution in [1.82, 2.24) is 0 Å². The van der Waals surface area contributed by atoms with Crippen LogP contribution < -0.4 is 0 Å². The van der Waals surface area contributed by atoms with Crippen molar-refractivity contribution < 1.29 is 10.2 Å². The van der Waals surface area contributed by atoms with Crippen LogP contribution in [0.1, 0.15) is 33.6 Å². The lowest BCUT2D eigenvalue weighted by Gasteiger charge is -2.38. The molecule has 1 aliphatic rings. The third-order valence-corrected chi connectivity index (χ3v) is 3.18. The Balaban J connectivity index is 2.58. The minimum Gasteiger partial charge on any atom is -0.390 e. The number of aliphatic hydroxyl groups is 2. The molecule has 0 spiro atoms. The smallest absolute Gasteiger partial charge is 0.0832 e. The Morgan fingerprint density at radius 1 is 1.08 bits per heavy atom. The van der Waals surface area contributed by atoms with Gasteiger partial charge in [-0.2, -0.15) is 0 Å². The number of rotatable bonds is 1. The first-order chi connectivity index (χ1) is 5.54. The second kappa shape index (κ2) is 3.75. The molecule has 2 N–H and O–H groups in total. The summed E-state index contributed by atoms with van der Waals surface area (Å²) in [6, 6.07) is 0. The van der Waals surface area contributed by atoms with Gasteiger partial charge < -0.3 is 10.2 Å². The molecule has 1 aliphatic carbocycles. The van der Waals surface area contributed by atoms with Crippen LogP contribution in [-0.2, 0) is 0 Å². The van der Waals surface area contributed by atoms with Gasteiger partial charge in [-0.15, -0.1) is 0 Å². The lowest BCUT2D eigenvalue weighted by atomic mass is 9.74. The molecule has 0 radical (unpaired) electrons. The predicted molar refractivity (Wildman–Crippen MR) is 48.7 cm³/mol. The van der Waals surface area contributed by atoms with Crippen molar-refractivity contribution in [1.29, 1.82) is 0 Å². The van der Waals surface area contributed by atoms with Crippen LogP contribution in [0.2, 0.25) is 0 Å². The van der Waals surface area contributed by atoms with Crippen LogP contribution in [0.5, 0.6) is 0 Å². The number of hydrogen-bond acceptors (Lipinski definition) is 2. The Morgan fingerprint density at radius 2 is 1.67 bits per heavy atom. The Bertz CT molecular complexity index is 145. The number of hydrogen-bond donors (Lipinski definition) is 2. The van der Waals surface area contributed by atoms with Crippen molar-refractivity contribution in [3.63, 3.8) is 0 Å². The molecule has 1 rings (SSSR count). The van der Waals surface area contributed by atoms with Gasteiger partial charge in [0.05, 0.1) is 12.2 Å². The van der Waals surface area contributed by atoms with Crippen LogP contribution in [0.3, 0.4) is 0 Å². The summed E-state index contributed by atoms with van der Waals surface area (Å²) in [5.74, 6) is 1.02. The van der Waals surface area contributed by atoms with Crippen LogP contribution in [-0.4, -0.2) is 22.4 Å². The van der Waals surface area contributed by atoms with E-state index in [4.69, 9.17) is 0 Å². The predicted octanol–water partition coefficient (Wildman–Crippen LogP) is 1.41. The van der Waals surface area contributed by atoms with Crippen LogP contribution >= 0.6 is 0 Å². The van der Waals surface area contributed by atoms with Gasteiger partial charge in [0.25, 0.3) is 0 Å². The molecule has 0 aromatic carbocycles. The highest BCUT2D eigenvalue weighted by Crippen LogP contribution is 2.33. The van der Waals surface area contributed by atoms with E-state index in [1.165, 1.54) is 0 Å². The fourth-order valence-corrected chi connectivity index (χ4v) is 2.11. The summed E-state index contributed by atoms with van der Waals surface area (Å²) in [5.41, 5.74) is 0. The largest absolute Gasteiger partial charge is 0.390 e. The first-order valence-electron chi connectivity index (χ1n) is 4.90. The molecule has 12 heavy (non-hydrogen) atoms. The zero-order chi connectivity index (χ0) is 9.30. The van der Waals surface area contributed by atoms with Crippen molar-refractivity contribution in [2.24, 2.45) is 17.8 Å². The Kier molecular flexibility index (Phi) is 3.13. The molecule has 1 saturated carbocycles. The van der Waals surface area contributed by atoms with Crippen LogP contribution in [0.15, 0.2) is 0 Å². The average molecular weight is 172 g/mol. The molecular formula is C10H20O2. The third-order valence-electron chi connectivity index (χ3n) is 3.18. The van der Waals surface area contributed by atoms with Gasteiger partial charge in [0.15, 0.2) is 0 Å². The summed E-state index contributed by atoms with van der Waals surface area (Å²) in [6.07, 6.45) is 1.08. The molecule has 2 unspecified atom stereocenters. The molecule has 4 atom stereocenters. The molecule has 72 valence electrons. The number of aliphatic hydroxyl groups excluding tert-OH is 2. The molecule has 0 saturated heterocycles. The molecule has 0 aromatic heterocycles. The Morgan fingerprint density at radius 3 is 2.17 bits per heavy atom. The topological polar surface area (TPSA) is 40.5 Å². The zero-order valence-electron chi connectivity index (χ0n) is 8.20. The zero-order valence-corrected chi connectivity index (χ0v) is 8.20. The van der Waals surface area contributed by atoms with E-state index < -0.39 is 12.2 Å². The summed E-state index contributed by atoms with van der Waals surface area (Å²) in [5, 5.41) is 19.3. The van der Waals surface area contributed by atoms with Gasteiger partial charge in [-0.1, -0.05) is 20.8 Å². The SMILES string of the molecule is CC(C)C1CCC(C)[C@@H](O)[C@@H]1O. The maximum absolute atomic E-state index is 9.73. The van der Waals surface area contributed by atoms with Gasteiger partial charge in [-0.3, -0.25) is 0 Å². The van der Waals surface area contributed by atoms with E-state index >= 15 is 0 Å². The monoisotopic (exact) mass is 172 g/mol. The summed E-state index contributed by atoms with van der Waals surface area (Å²) < 4.78 is 0. The van der Waals surface area contributed by atoms with Crippen LogP contribution in [0, 0.1) is 17.8 Å². The molecule has 2 heteroatoms. The summed E-state index contributed by atoms with van der Waals surface area (Å²) in [6.45, 7) is 6.22. The van der Waals surface area contributed by atoms with E-state index in [0.29, 0.717) is 5.92 Å². The second-order valence-electron chi connectivity index (χ2n) is 4.44. The molecule has 0 aromatic rings. The highest BCUT2D eigenvalue weighted by Gasteiger charge is 2.36. The van der Waals surface area contributed by atoms with E-state index in [-0.39, 0.29) is 11.8 Å².